The summed E-state index contributed by atoms with van der Waals surface area (Å²) >= 11 is 0. The molecule has 1 aromatic rings. The van der Waals surface area contributed by atoms with Gasteiger partial charge in [-0.2, -0.15) is 0 Å². The van der Waals surface area contributed by atoms with E-state index >= 15 is 0 Å². The van der Waals surface area contributed by atoms with Crippen LogP contribution in [0.15, 0.2) is 41.7 Å². The molecule has 13 nitrogen and oxygen atoms in total. The highest BCUT2D eigenvalue weighted by Gasteiger charge is 2.46. The molecular formula is C27H36O13. The third-order valence-corrected chi connectivity index (χ3v) is 6.70. The minimum Gasteiger partial charge on any atom is -0.493 e. The van der Waals surface area contributed by atoms with Gasteiger partial charge in [-0.15, -0.1) is 0 Å². The molecule has 1 fully saturated rings. The highest BCUT2D eigenvalue weighted by atomic mass is 16.8. The average molecular weight is 569 g/mol. The number of esters is 2. The van der Waals surface area contributed by atoms with Crippen LogP contribution >= 0.6 is 0 Å². The summed E-state index contributed by atoms with van der Waals surface area (Å²) in [7, 11) is 4.24. The summed E-state index contributed by atoms with van der Waals surface area (Å²) in [5.74, 6) is -1.08. The maximum Gasteiger partial charge on any atom is 0.337 e. The van der Waals surface area contributed by atoms with Gasteiger partial charge < -0.3 is 53.6 Å². The van der Waals surface area contributed by atoms with Gasteiger partial charge in [0.1, 0.15) is 24.4 Å². The molecule has 0 aromatic heterocycles. The Balaban J connectivity index is 1.70. The van der Waals surface area contributed by atoms with Crippen LogP contribution in [-0.4, -0.2) is 104 Å². The number of benzene rings is 1. The van der Waals surface area contributed by atoms with Crippen LogP contribution in [-0.2, 0) is 39.7 Å². The third kappa shape index (κ3) is 7.11. The molecule has 0 aliphatic carbocycles. The van der Waals surface area contributed by atoms with E-state index in [0.717, 1.165) is 11.8 Å². The Hall–Kier alpha value is -3.20. The fourth-order valence-electron chi connectivity index (χ4n) is 4.47. The molecule has 40 heavy (non-hydrogen) atoms. The Kier molecular flexibility index (Phi) is 11.3. The molecule has 0 unspecified atom stereocenters. The Bertz CT molecular complexity index is 1080. The number of aliphatic hydroxyl groups excluding tert-OH is 4. The molecule has 2 aliphatic rings. The first-order valence-electron chi connectivity index (χ1n) is 12.6. The number of hydrogen-bond acceptors (Lipinski definition) is 13. The predicted octanol–water partition coefficient (Wildman–Crippen LogP) is -0.0282. The lowest BCUT2D eigenvalue weighted by Crippen LogP contribution is -2.60. The number of rotatable bonds is 11. The van der Waals surface area contributed by atoms with Gasteiger partial charge in [0.2, 0.25) is 6.29 Å². The molecule has 2 aliphatic heterocycles. The Morgan fingerprint density at radius 2 is 1.75 bits per heavy atom. The smallest absolute Gasteiger partial charge is 0.337 e. The SMILES string of the molecule is C/C=C1/[C@H](O[C@@H]2O[C@@H](CO)[C@@H](O)[C@H](O)[C@H]2O)OC=C(C(=O)OC)[C@H]1CC(=O)OCCc1ccc(OC)c(OC)c1. The molecule has 222 valence electrons. The number of ether oxygens (including phenoxy) is 7. The molecule has 7 atom stereocenters. The van der Waals surface area contributed by atoms with E-state index in [1.54, 1.807) is 25.1 Å². The largest absolute Gasteiger partial charge is 0.493 e. The van der Waals surface area contributed by atoms with Crippen LogP contribution < -0.4 is 9.47 Å². The summed E-state index contributed by atoms with van der Waals surface area (Å²) in [5, 5.41) is 39.9. The standard InChI is InChI=1S/C27H36O13/c1-5-15-16(11-21(29)37-9-8-14-6-7-18(34-2)19(10-14)35-3)17(25(33)36-4)13-38-26(15)40-27-24(32)23(31)22(30)20(12-28)39-27/h5-7,10,13,16,20,22-24,26-28,30-32H,8-9,11-12H2,1-4H3/b15-5+/t16-,20-,22+,23-,24+,26-,27-/m0/s1. The van der Waals surface area contributed by atoms with Crippen molar-refractivity contribution in [3.8, 4) is 11.5 Å². The van der Waals surface area contributed by atoms with Gasteiger partial charge in [0.05, 0.1) is 52.8 Å². The van der Waals surface area contributed by atoms with Crippen molar-refractivity contribution >= 4 is 11.9 Å². The van der Waals surface area contributed by atoms with E-state index in [1.165, 1.54) is 21.3 Å². The molecule has 1 aromatic carbocycles. The van der Waals surface area contributed by atoms with E-state index < -0.39 is 61.5 Å². The van der Waals surface area contributed by atoms with Crippen molar-refractivity contribution in [1.82, 2.24) is 0 Å². The van der Waals surface area contributed by atoms with Crippen LogP contribution in [0.4, 0.5) is 0 Å². The third-order valence-electron chi connectivity index (χ3n) is 6.70. The minimum absolute atomic E-state index is 0.0427. The molecule has 3 rings (SSSR count). The van der Waals surface area contributed by atoms with Gasteiger partial charge in [-0.05, 0) is 24.6 Å². The van der Waals surface area contributed by atoms with Gasteiger partial charge >= 0.3 is 11.9 Å². The Morgan fingerprint density at radius 3 is 2.38 bits per heavy atom. The summed E-state index contributed by atoms with van der Waals surface area (Å²) < 4.78 is 37.5. The highest BCUT2D eigenvalue weighted by Crippen LogP contribution is 2.36. The molecule has 0 spiro atoms. The van der Waals surface area contributed by atoms with E-state index in [-0.39, 0.29) is 18.6 Å². The van der Waals surface area contributed by atoms with Gasteiger partial charge in [0, 0.05) is 17.9 Å². The summed E-state index contributed by atoms with van der Waals surface area (Å²) in [4.78, 5) is 25.3. The second-order valence-corrected chi connectivity index (χ2v) is 9.07. The summed E-state index contributed by atoms with van der Waals surface area (Å²) in [6.45, 7) is 1.06. The molecule has 0 bridgehead atoms. The molecule has 0 radical (unpaired) electrons. The molecule has 0 saturated carbocycles. The van der Waals surface area contributed by atoms with E-state index in [1.807, 2.05) is 6.07 Å². The summed E-state index contributed by atoms with van der Waals surface area (Å²) in [5.41, 5.74) is 1.23. The predicted molar refractivity (Wildman–Crippen MR) is 136 cm³/mol. The lowest BCUT2D eigenvalue weighted by Gasteiger charge is -2.41. The number of hydrogen-bond donors (Lipinski definition) is 4. The average Bonchev–Trinajstić information content (AvgIpc) is 2.96. The molecule has 1 saturated heterocycles. The van der Waals surface area contributed by atoms with E-state index in [4.69, 9.17) is 33.2 Å². The van der Waals surface area contributed by atoms with Crippen molar-refractivity contribution in [3.63, 3.8) is 0 Å². The molecule has 0 amide bonds. The quantitative estimate of drug-likeness (QED) is 0.207. The van der Waals surface area contributed by atoms with Crippen molar-refractivity contribution in [2.45, 2.75) is 56.8 Å². The minimum atomic E-state index is -1.68. The zero-order valence-corrected chi connectivity index (χ0v) is 22.7. The van der Waals surface area contributed by atoms with Crippen molar-refractivity contribution in [2.75, 3.05) is 34.5 Å². The molecule has 2 heterocycles. The van der Waals surface area contributed by atoms with Gasteiger partial charge in [0.25, 0.3) is 0 Å². The van der Waals surface area contributed by atoms with Crippen LogP contribution in [0.2, 0.25) is 0 Å². The number of methoxy groups -OCH3 is 3. The fraction of sp³-hybridized carbons (Fsp3) is 0.556. The zero-order valence-electron chi connectivity index (χ0n) is 22.7. The van der Waals surface area contributed by atoms with Gasteiger partial charge in [0.15, 0.2) is 17.8 Å². The zero-order chi connectivity index (χ0) is 29.4. The van der Waals surface area contributed by atoms with Crippen molar-refractivity contribution in [3.05, 3.63) is 47.2 Å². The van der Waals surface area contributed by atoms with Crippen LogP contribution in [0.25, 0.3) is 0 Å². The van der Waals surface area contributed by atoms with Crippen molar-refractivity contribution < 1.29 is 63.2 Å². The van der Waals surface area contributed by atoms with Crippen molar-refractivity contribution in [2.24, 2.45) is 5.92 Å². The molecule has 13 heteroatoms. The van der Waals surface area contributed by atoms with Crippen LogP contribution in [0.3, 0.4) is 0 Å². The lowest BCUT2D eigenvalue weighted by molar-refractivity contribution is -0.327. The number of carbonyl (C=O) groups excluding carboxylic acids is 2. The second kappa shape index (κ2) is 14.4. The highest BCUT2D eigenvalue weighted by molar-refractivity contribution is 5.90. The van der Waals surface area contributed by atoms with Crippen LogP contribution in [0.5, 0.6) is 11.5 Å². The normalized spacial score (nSPS) is 29.2. The number of allylic oxidation sites excluding steroid dienone is 1. The topological polar surface area (TPSA) is 180 Å². The maximum atomic E-state index is 12.8. The fourth-order valence-corrected chi connectivity index (χ4v) is 4.47. The van der Waals surface area contributed by atoms with Crippen LogP contribution in [0.1, 0.15) is 18.9 Å². The monoisotopic (exact) mass is 568 g/mol. The summed E-state index contributed by atoms with van der Waals surface area (Å²) in [6.07, 6.45) is -6.04. The van der Waals surface area contributed by atoms with Gasteiger partial charge in [-0.1, -0.05) is 12.1 Å². The Morgan fingerprint density at radius 1 is 1.02 bits per heavy atom. The first-order chi connectivity index (χ1) is 19.2. The number of carbonyl (C=O) groups is 2. The van der Waals surface area contributed by atoms with Gasteiger partial charge in [-0.25, -0.2) is 4.79 Å². The first kappa shape index (κ1) is 31.3. The van der Waals surface area contributed by atoms with E-state index in [0.29, 0.717) is 23.5 Å². The van der Waals surface area contributed by atoms with Crippen LogP contribution in [0, 0.1) is 5.92 Å². The van der Waals surface area contributed by atoms with Gasteiger partial charge in [-0.3, -0.25) is 4.79 Å². The van der Waals surface area contributed by atoms with E-state index in [2.05, 4.69) is 0 Å². The number of aliphatic hydroxyl groups is 4. The Labute approximate surface area is 231 Å². The maximum absolute atomic E-state index is 12.8. The summed E-state index contributed by atoms with van der Waals surface area (Å²) in [6, 6.07) is 5.35. The molecular weight excluding hydrogens is 532 g/mol. The molecule has 4 N–H and O–H groups in total. The lowest BCUT2D eigenvalue weighted by atomic mass is 9.86. The second-order valence-electron chi connectivity index (χ2n) is 9.07. The van der Waals surface area contributed by atoms with E-state index in [9.17, 15) is 30.0 Å². The first-order valence-corrected chi connectivity index (χ1v) is 12.6. The van der Waals surface area contributed by atoms with Crippen molar-refractivity contribution in [1.29, 1.82) is 0 Å².